The van der Waals surface area contributed by atoms with Crippen LogP contribution in [0.25, 0.3) is 0 Å². The molecule has 2 aromatic rings. The van der Waals surface area contributed by atoms with E-state index in [0.717, 1.165) is 10.6 Å². The topological polar surface area (TPSA) is 66.5 Å². The molecule has 0 aliphatic heterocycles. The largest absolute Gasteiger partial charge is 0.349 e. The minimum absolute atomic E-state index is 0.00687. The molecule has 7 heteroatoms. The Labute approximate surface area is 160 Å². The molecule has 2 rings (SSSR count). The van der Waals surface area contributed by atoms with Crippen LogP contribution in [0.3, 0.4) is 0 Å². The molecule has 5 nitrogen and oxygen atoms in total. The summed E-state index contributed by atoms with van der Waals surface area (Å²) in [6.45, 7) is 5.96. The highest BCUT2D eigenvalue weighted by Gasteiger charge is 2.21. The third-order valence-corrected chi connectivity index (χ3v) is 5.55. The van der Waals surface area contributed by atoms with Gasteiger partial charge in [-0.1, -0.05) is 38.1 Å². The minimum atomic E-state index is -3.68. The quantitative estimate of drug-likeness (QED) is 0.783. The molecule has 0 aromatic heterocycles. The van der Waals surface area contributed by atoms with Gasteiger partial charge in [0.05, 0.1) is 18.5 Å². The molecule has 1 amide bonds. The molecule has 0 fully saturated rings. The Balaban J connectivity index is 2.21. The van der Waals surface area contributed by atoms with E-state index in [-0.39, 0.29) is 24.2 Å². The number of carbonyl (C=O) groups is 1. The summed E-state index contributed by atoms with van der Waals surface area (Å²) in [5.74, 6) is -0.476. The van der Waals surface area contributed by atoms with E-state index in [9.17, 15) is 17.6 Å². The maximum Gasteiger partial charge on any atom is 0.251 e. The maximum atomic E-state index is 14.1. The Hall–Kier alpha value is -2.41. The number of hydrogen-bond donors (Lipinski definition) is 1. The van der Waals surface area contributed by atoms with Gasteiger partial charge in [0.15, 0.2) is 0 Å². The van der Waals surface area contributed by atoms with Gasteiger partial charge in [-0.15, -0.1) is 0 Å². The smallest absolute Gasteiger partial charge is 0.251 e. The van der Waals surface area contributed by atoms with Gasteiger partial charge < -0.3 is 5.32 Å². The zero-order chi connectivity index (χ0) is 20.2. The maximum absolute atomic E-state index is 14.1. The normalized spacial score (nSPS) is 12.7. The third-order valence-electron chi connectivity index (χ3n) is 4.42. The zero-order valence-corrected chi connectivity index (χ0v) is 16.8. The Morgan fingerprint density at radius 2 is 1.67 bits per heavy atom. The van der Waals surface area contributed by atoms with Crippen LogP contribution in [0.2, 0.25) is 0 Å². The first kappa shape index (κ1) is 20.9. The van der Waals surface area contributed by atoms with Gasteiger partial charge in [0.2, 0.25) is 10.0 Å². The van der Waals surface area contributed by atoms with E-state index >= 15 is 0 Å². The Kier molecular flexibility index (Phi) is 6.59. The Morgan fingerprint density at radius 1 is 1.07 bits per heavy atom. The lowest BCUT2D eigenvalue weighted by atomic mass is 10.1. The molecule has 0 aliphatic carbocycles. The van der Waals surface area contributed by atoms with Crippen molar-refractivity contribution in [3.05, 3.63) is 65.5 Å². The fourth-order valence-electron chi connectivity index (χ4n) is 2.42. The first-order valence-corrected chi connectivity index (χ1v) is 10.6. The molecule has 1 N–H and O–H groups in total. The lowest BCUT2D eigenvalue weighted by molar-refractivity contribution is 0.0930. The van der Waals surface area contributed by atoms with Crippen molar-refractivity contribution in [1.29, 1.82) is 0 Å². The summed E-state index contributed by atoms with van der Waals surface area (Å²) >= 11 is 0. The summed E-state index contributed by atoms with van der Waals surface area (Å²) in [7, 11) is -3.68. The van der Waals surface area contributed by atoms with Crippen molar-refractivity contribution in [2.24, 2.45) is 5.92 Å². The lowest BCUT2D eigenvalue weighted by Crippen LogP contribution is -2.36. The summed E-state index contributed by atoms with van der Waals surface area (Å²) in [5, 5.41) is 2.92. The first-order valence-electron chi connectivity index (χ1n) is 8.71. The summed E-state index contributed by atoms with van der Waals surface area (Å²) in [5.41, 5.74) is 1.13. The van der Waals surface area contributed by atoms with E-state index in [2.05, 4.69) is 5.32 Å². The summed E-state index contributed by atoms with van der Waals surface area (Å²) in [6.07, 6.45) is 1.04. The van der Waals surface area contributed by atoms with Crippen molar-refractivity contribution in [1.82, 2.24) is 5.32 Å². The second-order valence-electron chi connectivity index (χ2n) is 6.92. The fraction of sp³-hybridized carbons (Fsp3) is 0.350. The van der Waals surface area contributed by atoms with Crippen LogP contribution in [0.4, 0.5) is 10.1 Å². The van der Waals surface area contributed by atoms with E-state index in [1.165, 1.54) is 18.2 Å². The van der Waals surface area contributed by atoms with Crippen LogP contribution >= 0.6 is 0 Å². The van der Waals surface area contributed by atoms with Crippen LogP contribution < -0.4 is 9.62 Å². The predicted molar refractivity (Wildman–Crippen MR) is 106 cm³/mol. The molecule has 0 spiro atoms. The van der Waals surface area contributed by atoms with Crippen LogP contribution in [-0.4, -0.2) is 26.6 Å². The predicted octanol–water partition coefficient (Wildman–Crippen LogP) is 3.57. The molecule has 1 atom stereocenters. The molecule has 0 saturated heterocycles. The minimum Gasteiger partial charge on any atom is -0.349 e. The van der Waals surface area contributed by atoms with E-state index in [1.54, 1.807) is 30.3 Å². The number of carbonyl (C=O) groups excluding carboxylic acids is 1. The molecule has 0 heterocycles. The Morgan fingerprint density at radius 3 is 2.19 bits per heavy atom. The van der Waals surface area contributed by atoms with Gasteiger partial charge >= 0.3 is 0 Å². The highest BCUT2D eigenvalue weighted by Crippen LogP contribution is 2.23. The Bertz CT molecular complexity index is 896. The molecule has 0 saturated carbocycles. The number of sulfonamides is 1. The van der Waals surface area contributed by atoms with Crippen molar-refractivity contribution in [3.63, 3.8) is 0 Å². The number of amides is 1. The summed E-state index contributed by atoms with van der Waals surface area (Å²) in [4.78, 5) is 12.3. The number of rotatable bonds is 7. The van der Waals surface area contributed by atoms with Gasteiger partial charge in [-0.3, -0.25) is 9.10 Å². The number of anilines is 1. The number of halogens is 1. The van der Waals surface area contributed by atoms with Crippen LogP contribution in [0, 0.1) is 11.7 Å². The van der Waals surface area contributed by atoms with Crippen molar-refractivity contribution >= 4 is 21.6 Å². The highest BCUT2D eigenvalue weighted by molar-refractivity contribution is 7.92. The average molecular weight is 392 g/mol. The van der Waals surface area contributed by atoms with Gasteiger partial charge in [0, 0.05) is 11.6 Å². The molecular weight excluding hydrogens is 367 g/mol. The van der Waals surface area contributed by atoms with Gasteiger partial charge in [-0.05, 0) is 42.7 Å². The van der Waals surface area contributed by atoms with Crippen molar-refractivity contribution in [2.75, 3.05) is 10.6 Å². The van der Waals surface area contributed by atoms with Gasteiger partial charge in [-0.2, -0.15) is 0 Å². The van der Waals surface area contributed by atoms with Gasteiger partial charge in [0.1, 0.15) is 5.82 Å². The molecule has 2 aromatic carbocycles. The molecule has 0 aliphatic rings. The van der Waals surface area contributed by atoms with E-state index in [1.807, 2.05) is 20.8 Å². The monoisotopic (exact) mass is 392 g/mol. The standard InChI is InChI=1S/C20H25FN2O3S/c1-14(2)15(3)22-20(24)17-11-9-16(10-12-17)13-23(27(4,25)26)19-8-6-5-7-18(19)21/h5-12,14-15H,13H2,1-4H3,(H,22,24). The van der Waals surface area contributed by atoms with Gasteiger partial charge in [0.25, 0.3) is 5.91 Å². The fourth-order valence-corrected chi connectivity index (χ4v) is 3.31. The highest BCUT2D eigenvalue weighted by atomic mass is 32.2. The molecule has 1 unspecified atom stereocenters. The SMILES string of the molecule is CC(C)C(C)NC(=O)c1ccc(CN(c2ccccc2F)S(C)(=O)=O)cc1. The number of benzene rings is 2. The van der Waals surface area contributed by atoms with E-state index < -0.39 is 15.8 Å². The average Bonchev–Trinajstić information content (AvgIpc) is 2.60. The van der Waals surface area contributed by atoms with Crippen LogP contribution in [-0.2, 0) is 16.6 Å². The lowest BCUT2D eigenvalue weighted by Gasteiger charge is -2.23. The van der Waals surface area contributed by atoms with Crippen molar-refractivity contribution < 1.29 is 17.6 Å². The number of nitrogens with zero attached hydrogens (tertiary/aromatic N) is 1. The van der Waals surface area contributed by atoms with E-state index in [0.29, 0.717) is 17.0 Å². The second-order valence-corrected chi connectivity index (χ2v) is 8.83. The molecule has 0 bridgehead atoms. The van der Waals surface area contributed by atoms with Crippen LogP contribution in [0.5, 0.6) is 0 Å². The summed E-state index contributed by atoms with van der Waals surface area (Å²) < 4.78 is 39.4. The molecule has 27 heavy (non-hydrogen) atoms. The molecular formula is C20H25FN2O3S. The van der Waals surface area contributed by atoms with Crippen molar-refractivity contribution in [2.45, 2.75) is 33.4 Å². The second kappa shape index (κ2) is 8.52. The van der Waals surface area contributed by atoms with Crippen LogP contribution in [0.1, 0.15) is 36.7 Å². The van der Waals surface area contributed by atoms with Crippen molar-refractivity contribution in [3.8, 4) is 0 Å². The number of hydrogen-bond acceptors (Lipinski definition) is 3. The third kappa shape index (κ3) is 5.53. The van der Waals surface area contributed by atoms with Crippen LogP contribution in [0.15, 0.2) is 48.5 Å². The zero-order valence-electron chi connectivity index (χ0n) is 15.9. The van der Waals surface area contributed by atoms with E-state index in [4.69, 9.17) is 0 Å². The number of para-hydroxylation sites is 1. The molecule has 0 radical (unpaired) electrons. The first-order chi connectivity index (χ1) is 12.6. The molecule has 146 valence electrons. The summed E-state index contributed by atoms with van der Waals surface area (Å²) in [6, 6.07) is 12.4. The van der Waals surface area contributed by atoms with Gasteiger partial charge in [-0.25, -0.2) is 12.8 Å². The number of nitrogens with one attached hydrogen (secondary N) is 1.